The van der Waals surface area contributed by atoms with E-state index in [1.807, 2.05) is 0 Å². The third kappa shape index (κ3) is 2.72. The van der Waals surface area contributed by atoms with Gasteiger partial charge >= 0.3 is 6.18 Å². The molecule has 0 fully saturated rings. The molecule has 0 saturated heterocycles. The lowest BCUT2D eigenvalue weighted by molar-refractivity contribution is -0.137. The Bertz CT molecular complexity index is 867. The monoisotopic (exact) mass is 360 g/mol. The van der Waals surface area contributed by atoms with Gasteiger partial charge in [-0.3, -0.25) is 0 Å². The summed E-state index contributed by atoms with van der Waals surface area (Å²) in [6, 6.07) is 5.13. The zero-order valence-corrected chi connectivity index (χ0v) is 13.2. The lowest BCUT2D eigenvalue weighted by atomic mass is 10.2. The van der Waals surface area contributed by atoms with E-state index in [4.69, 9.17) is 27.9 Å². The smallest absolute Gasteiger partial charge is 0.416 e. The number of methoxy groups -OCH3 is 1. The Balaban J connectivity index is 2.24. The van der Waals surface area contributed by atoms with Crippen LogP contribution in [0.15, 0.2) is 36.7 Å². The van der Waals surface area contributed by atoms with Gasteiger partial charge in [-0.05, 0) is 24.3 Å². The highest BCUT2D eigenvalue weighted by Crippen LogP contribution is 2.39. The quantitative estimate of drug-likeness (QED) is 0.615. The predicted molar refractivity (Wildman–Crippen MR) is 82.6 cm³/mol. The molecule has 3 nitrogen and oxygen atoms in total. The normalized spacial score (nSPS) is 11.9. The van der Waals surface area contributed by atoms with Gasteiger partial charge in [0.05, 0.1) is 39.3 Å². The number of aromatic nitrogens is 2. The molecule has 0 saturated carbocycles. The summed E-state index contributed by atoms with van der Waals surface area (Å²) < 4.78 is 45.2. The highest BCUT2D eigenvalue weighted by Gasteiger charge is 2.32. The Morgan fingerprint density at radius 3 is 2.35 bits per heavy atom. The van der Waals surface area contributed by atoms with Crippen molar-refractivity contribution in [3.63, 3.8) is 0 Å². The number of fused-ring (bicyclic) bond motifs is 1. The molecule has 0 spiro atoms. The highest BCUT2D eigenvalue weighted by molar-refractivity contribution is 6.38. The van der Waals surface area contributed by atoms with Gasteiger partial charge < -0.3 is 9.30 Å². The summed E-state index contributed by atoms with van der Waals surface area (Å²) in [6.07, 6.45) is -1.34. The molecule has 3 rings (SSSR count). The van der Waals surface area contributed by atoms with Crippen molar-refractivity contribution in [3.05, 3.63) is 52.3 Å². The summed E-state index contributed by atoms with van der Waals surface area (Å²) in [5, 5.41) is 0.498. The third-order valence-electron chi connectivity index (χ3n) is 3.36. The Kier molecular flexibility index (Phi) is 3.90. The maximum atomic E-state index is 12.8. The Morgan fingerprint density at radius 1 is 1.13 bits per heavy atom. The van der Waals surface area contributed by atoms with Gasteiger partial charge in [0.15, 0.2) is 0 Å². The molecule has 0 amide bonds. The predicted octanol–water partition coefficient (Wildman–Crippen LogP) is 5.36. The van der Waals surface area contributed by atoms with Crippen LogP contribution < -0.4 is 4.74 Å². The van der Waals surface area contributed by atoms with E-state index in [-0.39, 0.29) is 15.7 Å². The number of rotatable bonds is 2. The number of ether oxygens (including phenoxy) is 1. The van der Waals surface area contributed by atoms with E-state index in [0.717, 1.165) is 12.1 Å². The third-order valence-corrected chi connectivity index (χ3v) is 3.94. The fourth-order valence-corrected chi connectivity index (χ4v) is 3.03. The molecule has 3 aromatic rings. The second-order valence-corrected chi connectivity index (χ2v) is 5.54. The molecule has 0 atom stereocenters. The van der Waals surface area contributed by atoms with Crippen molar-refractivity contribution >= 4 is 34.1 Å². The first kappa shape index (κ1) is 16.0. The molecule has 2 aromatic heterocycles. The first-order valence-electron chi connectivity index (χ1n) is 6.39. The molecule has 0 aliphatic heterocycles. The summed E-state index contributed by atoms with van der Waals surface area (Å²) in [5.41, 5.74) is 0.0388. The largest absolute Gasteiger partial charge is 0.481 e. The molecule has 0 aliphatic rings. The Hall–Kier alpha value is -1.92. The Labute approximate surface area is 139 Å². The summed E-state index contributed by atoms with van der Waals surface area (Å²) >= 11 is 12.1. The zero-order valence-electron chi connectivity index (χ0n) is 11.7. The van der Waals surface area contributed by atoms with Crippen molar-refractivity contribution in [2.45, 2.75) is 6.18 Å². The first-order valence-corrected chi connectivity index (χ1v) is 7.15. The van der Waals surface area contributed by atoms with Gasteiger partial charge in [0.25, 0.3) is 0 Å². The van der Waals surface area contributed by atoms with E-state index in [1.165, 1.54) is 13.3 Å². The van der Waals surface area contributed by atoms with Gasteiger partial charge in [0.2, 0.25) is 5.88 Å². The van der Waals surface area contributed by atoms with Crippen molar-refractivity contribution in [2.24, 2.45) is 0 Å². The van der Waals surface area contributed by atoms with Crippen LogP contribution in [-0.2, 0) is 6.18 Å². The van der Waals surface area contributed by atoms with Crippen LogP contribution in [-0.4, -0.2) is 16.7 Å². The van der Waals surface area contributed by atoms with Gasteiger partial charge in [0, 0.05) is 12.4 Å². The number of halogens is 5. The van der Waals surface area contributed by atoms with Crippen LogP contribution in [0, 0.1) is 0 Å². The van der Waals surface area contributed by atoms with E-state index >= 15 is 0 Å². The topological polar surface area (TPSA) is 27.1 Å². The fraction of sp³-hybridized carbons (Fsp3) is 0.133. The second-order valence-electron chi connectivity index (χ2n) is 4.73. The maximum Gasteiger partial charge on any atom is 0.416 e. The number of hydrogen-bond acceptors (Lipinski definition) is 2. The molecule has 1 aromatic carbocycles. The molecule has 120 valence electrons. The van der Waals surface area contributed by atoms with Crippen LogP contribution in [0.5, 0.6) is 5.88 Å². The molecule has 23 heavy (non-hydrogen) atoms. The van der Waals surface area contributed by atoms with Gasteiger partial charge in [-0.25, -0.2) is 4.98 Å². The highest BCUT2D eigenvalue weighted by atomic mass is 35.5. The van der Waals surface area contributed by atoms with Crippen LogP contribution in [0.1, 0.15) is 5.56 Å². The van der Waals surface area contributed by atoms with E-state index in [1.54, 1.807) is 22.9 Å². The average molecular weight is 361 g/mol. The molecule has 8 heteroatoms. The molecule has 0 bridgehead atoms. The van der Waals surface area contributed by atoms with E-state index < -0.39 is 11.7 Å². The SMILES string of the molecule is COc1nccc2c1ccn2-c1c(Cl)cc(C(F)(F)F)cc1Cl. The number of hydrogen-bond donors (Lipinski definition) is 0. The van der Waals surface area contributed by atoms with E-state index in [2.05, 4.69) is 4.98 Å². The molecule has 0 N–H and O–H groups in total. The van der Waals surface area contributed by atoms with Crippen LogP contribution >= 0.6 is 23.2 Å². The van der Waals surface area contributed by atoms with E-state index in [0.29, 0.717) is 16.8 Å². The minimum Gasteiger partial charge on any atom is -0.481 e. The van der Waals surface area contributed by atoms with Gasteiger partial charge in [-0.1, -0.05) is 23.2 Å². The fourth-order valence-electron chi connectivity index (χ4n) is 2.36. The minimum absolute atomic E-state index is 0.0990. The lowest BCUT2D eigenvalue weighted by Crippen LogP contribution is -2.06. The minimum atomic E-state index is -4.52. The molecule has 0 radical (unpaired) electrons. The summed E-state index contributed by atoms with van der Waals surface area (Å²) in [5.74, 6) is 0.403. The number of nitrogens with zero attached hydrogens (tertiary/aromatic N) is 2. The van der Waals surface area contributed by atoms with Gasteiger partial charge in [-0.2, -0.15) is 13.2 Å². The standard InChI is InChI=1S/C15H9Cl2F3N2O/c1-23-14-9-3-5-22(12(9)2-4-21-14)13-10(16)6-8(7-11(13)17)15(18,19)20/h2-7H,1H3. The summed E-state index contributed by atoms with van der Waals surface area (Å²) in [6.45, 7) is 0. The van der Waals surface area contributed by atoms with Crippen molar-refractivity contribution in [1.82, 2.24) is 9.55 Å². The zero-order chi connectivity index (χ0) is 16.8. The number of benzene rings is 1. The molecular formula is C15H9Cl2F3N2O. The van der Waals surface area contributed by atoms with Gasteiger partial charge in [-0.15, -0.1) is 0 Å². The van der Waals surface area contributed by atoms with Crippen LogP contribution in [0.3, 0.4) is 0 Å². The molecule has 2 heterocycles. The summed E-state index contributed by atoms with van der Waals surface area (Å²) in [4.78, 5) is 4.07. The van der Waals surface area contributed by atoms with Crippen molar-refractivity contribution in [3.8, 4) is 11.6 Å². The van der Waals surface area contributed by atoms with Crippen molar-refractivity contribution in [2.75, 3.05) is 7.11 Å². The van der Waals surface area contributed by atoms with Crippen molar-refractivity contribution in [1.29, 1.82) is 0 Å². The molecular weight excluding hydrogens is 352 g/mol. The van der Waals surface area contributed by atoms with E-state index in [9.17, 15) is 13.2 Å². The number of alkyl halides is 3. The van der Waals surface area contributed by atoms with Crippen molar-refractivity contribution < 1.29 is 17.9 Å². The molecule has 0 aliphatic carbocycles. The second kappa shape index (κ2) is 5.62. The molecule has 0 unspecified atom stereocenters. The van der Waals surface area contributed by atoms with Crippen LogP contribution in [0.2, 0.25) is 10.0 Å². The first-order chi connectivity index (χ1) is 10.8. The number of pyridine rings is 1. The average Bonchev–Trinajstić information content (AvgIpc) is 2.89. The summed E-state index contributed by atoms with van der Waals surface area (Å²) in [7, 11) is 1.48. The Morgan fingerprint density at radius 2 is 1.78 bits per heavy atom. The van der Waals surface area contributed by atoms with Crippen LogP contribution in [0.25, 0.3) is 16.6 Å². The van der Waals surface area contributed by atoms with Crippen LogP contribution in [0.4, 0.5) is 13.2 Å². The maximum absolute atomic E-state index is 12.8. The van der Waals surface area contributed by atoms with Gasteiger partial charge in [0.1, 0.15) is 0 Å². The lowest BCUT2D eigenvalue weighted by Gasteiger charge is -2.14.